The summed E-state index contributed by atoms with van der Waals surface area (Å²) in [6, 6.07) is 0. The maximum absolute atomic E-state index is 10.3. The van der Waals surface area contributed by atoms with E-state index < -0.39 is 15.9 Å². The van der Waals surface area contributed by atoms with E-state index in [-0.39, 0.29) is 109 Å². The van der Waals surface area contributed by atoms with Crippen LogP contribution in [-0.4, -0.2) is 15.9 Å². The molecule has 0 aromatic carbocycles. The SMILES string of the molecule is CCC(/[N+]([O-])=N/[O-])/[N+]([O-])=N/[O-].[K+].[K+]. The molecular formula is C3H6K2N4O4. The fourth-order valence-electron chi connectivity index (χ4n) is 0.506. The van der Waals surface area contributed by atoms with E-state index in [4.69, 9.17) is 0 Å². The van der Waals surface area contributed by atoms with Gasteiger partial charge in [0.2, 0.25) is 0 Å². The van der Waals surface area contributed by atoms with Crippen molar-refractivity contribution in [3.63, 3.8) is 0 Å². The molecule has 64 valence electrons. The predicted octanol–water partition coefficient (Wildman–Crippen LogP) is -5.35. The van der Waals surface area contributed by atoms with Gasteiger partial charge in [0, 0.05) is 0 Å². The van der Waals surface area contributed by atoms with E-state index in [1.165, 1.54) is 6.92 Å². The first-order valence-corrected chi connectivity index (χ1v) is 2.76. The van der Waals surface area contributed by atoms with Gasteiger partial charge in [-0.15, -0.1) is 0 Å². The van der Waals surface area contributed by atoms with Gasteiger partial charge < -0.3 is 20.8 Å². The number of hydroxylamine groups is 2. The summed E-state index contributed by atoms with van der Waals surface area (Å²) in [5.74, 6) is 0. The zero-order valence-corrected chi connectivity index (χ0v) is 14.0. The summed E-state index contributed by atoms with van der Waals surface area (Å²) in [7, 11) is 0. The maximum Gasteiger partial charge on any atom is 1.00 e. The molecule has 0 aliphatic rings. The van der Waals surface area contributed by atoms with Gasteiger partial charge in [0.1, 0.15) is 0 Å². The van der Waals surface area contributed by atoms with Gasteiger partial charge in [-0.1, -0.05) is 6.92 Å². The molecule has 0 bridgehead atoms. The molecule has 0 atom stereocenters. The standard InChI is InChI=1S/C3H8N4O4.2K/c1-2-3(6(10)4-8)7(11)5-9;;/h3,8-9H,2H2,1H3;;/q;2*+1/p-2/b6-4-,7-5-;;. The summed E-state index contributed by atoms with van der Waals surface area (Å²) in [4.78, 5) is -0.817. The minimum absolute atomic E-state index is 0. The first-order chi connectivity index (χ1) is 5.17. The Balaban J connectivity index is -0.000000500. The molecule has 13 heavy (non-hydrogen) atoms. The van der Waals surface area contributed by atoms with E-state index in [0.717, 1.165) is 0 Å². The largest absolute Gasteiger partial charge is 1.00 e. The van der Waals surface area contributed by atoms with Crippen LogP contribution in [0.15, 0.2) is 10.6 Å². The molecule has 8 nitrogen and oxygen atoms in total. The molecule has 0 unspecified atom stereocenters. The molecule has 0 radical (unpaired) electrons. The third-order valence-electron chi connectivity index (χ3n) is 1.04. The van der Waals surface area contributed by atoms with Crippen LogP contribution in [0.1, 0.15) is 13.3 Å². The van der Waals surface area contributed by atoms with Crippen molar-refractivity contribution >= 4 is 0 Å². The summed E-state index contributed by atoms with van der Waals surface area (Å²) in [5, 5.41) is 43.7. The predicted molar refractivity (Wildman–Crippen MR) is 32.9 cm³/mol. The van der Waals surface area contributed by atoms with Crippen molar-refractivity contribution in [2.24, 2.45) is 10.6 Å². The van der Waals surface area contributed by atoms with E-state index >= 15 is 0 Å². The van der Waals surface area contributed by atoms with Gasteiger partial charge in [-0.05, 0) is 20.3 Å². The van der Waals surface area contributed by atoms with Gasteiger partial charge >= 0.3 is 109 Å². The summed E-state index contributed by atoms with van der Waals surface area (Å²) >= 11 is 0. The average molecular weight is 240 g/mol. The monoisotopic (exact) mass is 240 g/mol. The fraction of sp³-hybridized carbons (Fsp3) is 1.00. The summed E-state index contributed by atoms with van der Waals surface area (Å²) < 4.78 is 0. The van der Waals surface area contributed by atoms with E-state index in [2.05, 4.69) is 0 Å². The minimum atomic E-state index is -1.45. The molecular weight excluding hydrogens is 234 g/mol. The quantitative estimate of drug-likeness (QED) is 0.161. The van der Waals surface area contributed by atoms with E-state index in [9.17, 15) is 20.8 Å². The third-order valence-corrected chi connectivity index (χ3v) is 1.04. The number of rotatable bonds is 3. The Kier molecular flexibility index (Phi) is 18.2. The zero-order valence-electron chi connectivity index (χ0n) is 7.71. The molecule has 0 rings (SSSR count). The topological polar surface area (TPSA) is 123 Å². The smallest absolute Gasteiger partial charge is 0.739 e. The summed E-state index contributed by atoms with van der Waals surface area (Å²) in [5.41, 5.74) is 0. The average Bonchev–Trinajstić information content (AvgIpc) is 2.05. The normalized spacial score (nSPS) is 11.8. The third kappa shape index (κ3) is 7.58. The van der Waals surface area contributed by atoms with Crippen LogP contribution in [0.4, 0.5) is 0 Å². The number of nitrogens with zero attached hydrogens (tertiary/aromatic N) is 4. The van der Waals surface area contributed by atoms with Crippen LogP contribution in [0.3, 0.4) is 0 Å². The van der Waals surface area contributed by atoms with E-state index in [0.29, 0.717) is 0 Å². The number of hydrogen-bond acceptors (Lipinski definition) is 6. The molecule has 0 saturated heterocycles. The van der Waals surface area contributed by atoms with Gasteiger partial charge in [-0.25, -0.2) is 0 Å². The zero-order chi connectivity index (χ0) is 8.85. The molecule has 0 saturated carbocycles. The van der Waals surface area contributed by atoms with Crippen molar-refractivity contribution in [1.29, 1.82) is 0 Å². The van der Waals surface area contributed by atoms with Crippen LogP contribution in [0.25, 0.3) is 0 Å². The second-order valence-corrected chi connectivity index (χ2v) is 1.66. The number of hydrogen-bond donors (Lipinski definition) is 0. The van der Waals surface area contributed by atoms with Crippen LogP contribution in [0.2, 0.25) is 0 Å². The van der Waals surface area contributed by atoms with E-state index in [1.54, 1.807) is 0 Å². The van der Waals surface area contributed by atoms with Gasteiger partial charge in [0.05, 0.1) is 6.42 Å². The van der Waals surface area contributed by atoms with Gasteiger partial charge in [0.25, 0.3) is 0 Å². The molecule has 0 aromatic heterocycles. The van der Waals surface area contributed by atoms with Crippen LogP contribution in [0.5, 0.6) is 0 Å². The molecule has 0 aliphatic heterocycles. The molecule has 0 aromatic rings. The Morgan fingerprint density at radius 2 is 1.38 bits per heavy atom. The van der Waals surface area contributed by atoms with Crippen molar-refractivity contribution in [2.75, 3.05) is 0 Å². The second-order valence-electron chi connectivity index (χ2n) is 1.66. The van der Waals surface area contributed by atoms with Crippen LogP contribution >= 0.6 is 0 Å². The van der Waals surface area contributed by atoms with Crippen molar-refractivity contribution < 1.29 is 112 Å². The molecule has 0 spiro atoms. The van der Waals surface area contributed by atoms with Crippen molar-refractivity contribution in [1.82, 2.24) is 0 Å². The van der Waals surface area contributed by atoms with Crippen LogP contribution < -0.4 is 103 Å². The Hall–Kier alpha value is 1.67. The Morgan fingerprint density at radius 1 is 1.08 bits per heavy atom. The molecule has 0 amide bonds. The minimum Gasteiger partial charge on any atom is -0.739 e. The van der Waals surface area contributed by atoms with Gasteiger partial charge in [-0.2, -0.15) is 0 Å². The molecule has 10 heteroatoms. The molecule has 0 heterocycles. The van der Waals surface area contributed by atoms with E-state index in [1.807, 2.05) is 10.6 Å². The maximum atomic E-state index is 10.3. The Bertz CT molecular complexity index is 168. The molecule has 0 aliphatic carbocycles. The molecule has 0 N–H and O–H groups in total. The van der Waals surface area contributed by atoms with Crippen LogP contribution in [-0.2, 0) is 0 Å². The Morgan fingerprint density at radius 3 is 1.54 bits per heavy atom. The Labute approximate surface area is 160 Å². The fourth-order valence-corrected chi connectivity index (χ4v) is 0.506. The van der Waals surface area contributed by atoms with Crippen molar-refractivity contribution in [2.45, 2.75) is 19.5 Å². The van der Waals surface area contributed by atoms with Crippen molar-refractivity contribution in [3.05, 3.63) is 20.8 Å². The summed E-state index contributed by atoms with van der Waals surface area (Å²) in [6.07, 6.45) is -1.46. The second kappa shape index (κ2) is 11.7. The van der Waals surface area contributed by atoms with Gasteiger partial charge in [0.15, 0.2) is 0 Å². The molecule has 0 fully saturated rings. The van der Waals surface area contributed by atoms with Crippen LogP contribution in [0, 0.1) is 20.8 Å². The van der Waals surface area contributed by atoms with Gasteiger partial charge in [-0.3, -0.25) is 0 Å². The van der Waals surface area contributed by atoms with Crippen molar-refractivity contribution in [3.8, 4) is 0 Å². The summed E-state index contributed by atoms with van der Waals surface area (Å²) in [6.45, 7) is 1.44. The first-order valence-electron chi connectivity index (χ1n) is 2.76. The first kappa shape index (κ1) is 20.1.